The summed E-state index contributed by atoms with van der Waals surface area (Å²) in [5.41, 5.74) is 0. The lowest BCUT2D eigenvalue weighted by Gasteiger charge is -2.07. The predicted octanol–water partition coefficient (Wildman–Crippen LogP) is 1.44. The van der Waals surface area contributed by atoms with Crippen LogP contribution >= 0.6 is 0 Å². The Morgan fingerprint density at radius 2 is 1.75 bits per heavy atom. The van der Waals surface area contributed by atoms with Crippen LogP contribution in [-0.2, 0) is 10.3 Å². The summed E-state index contributed by atoms with van der Waals surface area (Å²) in [7, 11) is -4.16. The van der Waals surface area contributed by atoms with Gasteiger partial charge in [0.2, 0.25) is 0 Å². The van der Waals surface area contributed by atoms with Gasteiger partial charge in [-0.25, -0.2) is 0 Å². The second-order valence-corrected chi connectivity index (χ2v) is 4.36. The molecular formula is C10H9NO4S. The highest BCUT2D eigenvalue weighted by Crippen LogP contribution is 2.25. The molecule has 2 aromatic rings. The number of hydrogen-bond donors (Lipinski definition) is 2. The molecule has 0 radical (unpaired) electrons. The zero-order chi connectivity index (χ0) is 11.6. The molecule has 0 heterocycles. The maximum Gasteiger partial charge on any atom is 0.404 e. The molecule has 2 N–H and O–H groups in total. The molecule has 0 saturated carbocycles. The van der Waals surface area contributed by atoms with Gasteiger partial charge in [-0.1, -0.05) is 41.3 Å². The van der Waals surface area contributed by atoms with Gasteiger partial charge in [0.05, 0.1) is 0 Å². The molecule has 0 fully saturated rings. The van der Waals surface area contributed by atoms with E-state index in [4.69, 9.17) is 5.21 Å². The fourth-order valence-corrected chi connectivity index (χ4v) is 1.82. The van der Waals surface area contributed by atoms with Crippen molar-refractivity contribution in [3.05, 3.63) is 42.5 Å². The summed E-state index contributed by atoms with van der Waals surface area (Å²) >= 11 is 0. The Kier molecular flexibility index (Phi) is 2.78. The first-order valence-electron chi connectivity index (χ1n) is 4.45. The molecule has 6 heteroatoms. The zero-order valence-corrected chi connectivity index (χ0v) is 8.94. The molecule has 0 aliphatic rings. The van der Waals surface area contributed by atoms with Crippen LogP contribution in [0.1, 0.15) is 0 Å². The maximum absolute atomic E-state index is 11.0. The largest absolute Gasteiger partial charge is 0.404 e. The monoisotopic (exact) mass is 239 g/mol. The normalized spacial score (nSPS) is 11.6. The lowest BCUT2D eigenvalue weighted by molar-refractivity contribution is 0.228. The Morgan fingerprint density at radius 3 is 2.50 bits per heavy atom. The zero-order valence-electron chi connectivity index (χ0n) is 8.12. The Hall–Kier alpha value is -1.63. The highest BCUT2D eigenvalue weighted by molar-refractivity contribution is 7.84. The van der Waals surface area contributed by atoms with Gasteiger partial charge in [0.15, 0.2) is 5.75 Å². The maximum atomic E-state index is 11.0. The minimum Gasteiger partial charge on any atom is -0.369 e. The van der Waals surface area contributed by atoms with Crippen molar-refractivity contribution in [1.82, 2.24) is 4.89 Å². The molecule has 0 atom stereocenters. The number of fused-ring (bicyclic) bond motifs is 1. The van der Waals surface area contributed by atoms with Gasteiger partial charge in [-0.05, 0) is 11.5 Å². The SMILES string of the molecule is O=S(=O)(NO)Oc1cccc2ccccc12. The first-order chi connectivity index (χ1) is 7.62. The molecular weight excluding hydrogens is 230 g/mol. The van der Waals surface area contributed by atoms with Gasteiger partial charge >= 0.3 is 10.3 Å². The lowest BCUT2D eigenvalue weighted by Crippen LogP contribution is -2.24. The third kappa shape index (κ3) is 2.13. The van der Waals surface area contributed by atoms with Crippen molar-refractivity contribution in [3.8, 4) is 5.75 Å². The minimum absolute atomic E-state index is 0.166. The van der Waals surface area contributed by atoms with Crippen LogP contribution in [-0.4, -0.2) is 13.6 Å². The van der Waals surface area contributed by atoms with Crippen molar-refractivity contribution in [2.75, 3.05) is 0 Å². The summed E-state index contributed by atoms with van der Waals surface area (Å²) < 4.78 is 26.7. The van der Waals surface area contributed by atoms with Crippen molar-refractivity contribution in [3.63, 3.8) is 0 Å². The molecule has 2 aromatic carbocycles. The second-order valence-electron chi connectivity index (χ2n) is 3.11. The first kappa shape index (κ1) is 10.9. The summed E-state index contributed by atoms with van der Waals surface area (Å²) in [6.45, 7) is 0. The van der Waals surface area contributed by atoms with E-state index in [9.17, 15) is 8.42 Å². The summed E-state index contributed by atoms with van der Waals surface area (Å²) in [5, 5.41) is 9.88. The number of nitrogens with one attached hydrogen (secondary N) is 1. The van der Waals surface area contributed by atoms with E-state index < -0.39 is 10.3 Å². The lowest BCUT2D eigenvalue weighted by atomic mass is 10.1. The van der Waals surface area contributed by atoms with Crippen molar-refractivity contribution in [1.29, 1.82) is 0 Å². The average Bonchev–Trinajstić information content (AvgIpc) is 2.29. The fraction of sp³-hybridized carbons (Fsp3) is 0. The summed E-state index contributed by atoms with van der Waals surface area (Å²) in [5.74, 6) is 0.166. The van der Waals surface area contributed by atoms with E-state index in [-0.39, 0.29) is 5.75 Å². The van der Waals surface area contributed by atoms with Gasteiger partial charge in [0.25, 0.3) is 0 Å². The van der Waals surface area contributed by atoms with E-state index in [0.29, 0.717) is 5.39 Å². The predicted molar refractivity (Wildman–Crippen MR) is 58.4 cm³/mol. The standard InChI is InChI=1S/C10H9NO4S/c12-11-16(13,14)15-10-7-3-5-8-4-1-2-6-9(8)10/h1-7,11-12H. The molecule has 2 rings (SSSR count). The van der Waals surface area contributed by atoms with E-state index >= 15 is 0 Å². The molecule has 16 heavy (non-hydrogen) atoms. The Bertz CT molecular complexity index is 604. The Morgan fingerprint density at radius 1 is 1.06 bits per heavy atom. The van der Waals surface area contributed by atoms with Crippen LogP contribution in [0.3, 0.4) is 0 Å². The van der Waals surface area contributed by atoms with Crippen molar-refractivity contribution in [2.45, 2.75) is 0 Å². The van der Waals surface area contributed by atoms with Crippen LogP contribution in [0.15, 0.2) is 42.5 Å². The summed E-state index contributed by atoms with van der Waals surface area (Å²) in [4.78, 5) is 1.10. The molecule has 84 valence electrons. The number of hydrogen-bond acceptors (Lipinski definition) is 4. The highest BCUT2D eigenvalue weighted by Gasteiger charge is 2.12. The van der Waals surface area contributed by atoms with Gasteiger partial charge in [0, 0.05) is 5.39 Å². The summed E-state index contributed by atoms with van der Waals surface area (Å²) in [6, 6.07) is 12.2. The highest BCUT2D eigenvalue weighted by atomic mass is 32.2. The van der Waals surface area contributed by atoms with Crippen LogP contribution < -0.4 is 9.07 Å². The molecule has 0 amide bonds. The van der Waals surface area contributed by atoms with Gasteiger partial charge in [-0.3, -0.25) is 5.21 Å². The van der Waals surface area contributed by atoms with Crippen LogP contribution in [0.25, 0.3) is 10.8 Å². The van der Waals surface area contributed by atoms with Crippen molar-refractivity contribution >= 4 is 21.1 Å². The smallest absolute Gasteiger partial charge is 0.369 e. The fourth-order valence-electron chi connectivity index (χ4n) is 1.41. The van der Waals surface area contributed by atoms with E-state index in [1.807, 2.05) is 18.2 Å². The van der Waals surface area contributed by atoms with Gasteiger partial charge in [0.1, 0.15) is 0 Å². The minimum atomic E-state index is -4.16. The van der Waals surface area contributed by atoms with E-state index in [1.165, 1.54) is 6.07 Å². The van der Waals surface area contributed by atoms with Crippen LogP contribution in [0, 0.1) is 0 Å². The Balaban J connectivity index is 2.53. The van der Waals surface area contributed by atoms with Crippen LogP contribution in [0.2, 0.25) is 0 Å². The van der Waals surface area contributed by atoms with Crippen molar-refractivity contribution in [2.24, 2.45) is 0 Å². The van der Waals surface area contributed by atoms with Gasteiger partial charge in [-0.15, -0.1) is 0 Å². The molecule has 0 saturated heterocycles. The third-order valence-corrected chi connectivity index (χ3v) is 2.68. The number of benzene rings is 2. The molecule has 0 aliphatic carbocycles. The number of rotatable bonds is 3. The quantitative estimate of drug-likeness (QED) is 0.795. The second kappa shape index (κ2) is 4.09. The van der Waals surface area contributed by atoms with E-state index in [1.54, 1.807) is 18.2 Å². The van der Waals surface area contributed by atoms with Crippen LogP contribution in [0.5, 0.6) is 5.75 Å². The molecule has 5 nitrogen and oxygen atoms in total. The molecule has 0 aliphatic heterocycles. The van der Waals surface area contributed by atoms with Gasteiger partial charge < -0.3 is 4.18 Å². The van der Waals surface area contributed by atoms with Crippen LogP contribution in [0.4, 0.5) is 0 Å². The average molecular weight is 239 g/mol. The third-order valence-electron chi connectivity index (χ3n) is 2.06. The van der Waals surface area contributed by atoms with Gasteiger partial charge in [-0.2, -0.15) is 8.42 Å². The Labute approximate surface area is 92.5 Å². The molecule has 0 unspecified atom stereocenters. The van der Waals surface area contributed by atoms with E-state index in [0.717, 1.165) is 10.3 Å². The molecule has 0 bridgehead atoms. The molecule has 0 aromatic heterocycles. The summed E-state index contributed by atoms with van der Waals surface area (Å²) in [6.07, 6.45) is 0. The first-order valence-corrected chi connectivity index (χ1v) is 5.86. The van der Waals surface area contributed by atoms with E-state index in [2.05, 4.69) is 4.18 Å². The molecule has 0 spiro atoms. The topological polar surface area (TPSA) is 75.6 Å². The van der Waals surface area contributed by atoms with Crippen molar-refractivity contribution < 1.29 is 17.8 Å².